The molecule has 0 heterocycles. The van der Waals surface area contributed by atoms with Crippen LogP contribution in [-0.2, 0) is 19.2 Å². The molecule has 2 N–H and O–H groups in total. The summed E-state index contributed by atoms with van der Waals surface area (Å²) in [7, 11) is 0. The van der Waals surface area contributed by atoms with Gasteiger partial charge in [0.05, 0.1) is 19.2 Å². The summed E-state index contributed by atoms with van der Waals surface area (Å²) in [6.45, 7) is 5.68. The number of hydrogen-bond acceptors (Lipinski definition) is 5. The average molecular weight is 329 g/mol. The highest BCUT2D eigenvalue weighted by Gasteiger charge is 2.21. The maximum Gasteiger partial charge on any atom is 0.242 e. The van der Waals surface area contributed by atoms with Crippen LogP contribution in [0.1, 0.15) is 33.6 Å². The second-order valence-corrected chi connectivity index (χ2v) is 5.36. The lowest BCUT2D eigenvalue weighted by Gasteiger charge is -2.25. The van der Waals surface area contributed by atoms with Crippen LogP contribution in [0.3, 0.4) is 0 Å². The molecule has 8 nitrogen and oxygen atoms in total. The quantitative estimate of drug-likeness (QED) is 0.454. The molecule has 0 aromatic heterocycles. The van der Waals surface area contributed by atoms with E-state index in [1.54, 1.807) is 0 Å². The van der Waals surface area contributed by atoms with Gasteiger partial charge in [-0.1, -0.05) is 13.8 Å². The number of nitrogens with one attached hydrogen (secondary N) is 1. The van der Waals surface area contributed by atoms with Gasteiger partial charge in [-0.25, -0.2) is 0 Å². The van der Waals surface area contributed by atoms with Crippen LogP contribution in [0.2, 0.25) is 0 Å². The summed E-state index contributed by atoms with van der Waals surface area (Å²) in [6.07, 6.45) is 1.43. The molecule has 0 fully saturated rings. The number of aliphatic hydroxyl groups excluding tert-OH is 1. The maximum atomic E-state index is 12.2. The molecule has 0 saturated heterocycles. The van der Waals surface area contributed by atoms with Crippen molar-refractivity contribution in [3.05, 3.63) is 0 Å². The molecule has 2 atom stereocenters. The average Bonchev–Trinajstić information content (AvgIpc) is 2.51. The highest BCUT2D eigenvalue weighted by atomic mass is 16.3. The van der Waals surface area contributed by atoms with Gasteiger partial charge in [0.25, 0.3) is 0 Å². The molecule has 23 heavy (non-hydrogen) atoms. The van der Waals surface area contributed by atoms with Crippen LogP contribution in [0.25, 0.3) is 0 Å². The maximum absolute atomic E-state index is 12.2. The topological polar surface area (TPSA) is 107 Å². The molecule has 0 aliphatic carbocycles. The predicted octanol–water partition coefficient (Wildman–Crippen LogP) is -0.842. The second-order valence-electron chi connectivity index (χ2n) is 5.36. The molecule has 0 saturated carbocycles. The fraction of sp³-hybridized carbons (Fsp3) is 0.733. The smallest absolute Gasteiger partial charge is 0.242 e. The Morgan fingerprint density at radius 3 is 2.17 bits per heavy atom. The minimum Gasteiger partial charge on any atom is -0.391 e. The first kappa shape index (κ1) is 21.0. The molecule has 2 unspecified atom stereocenters. The van der Waals surface area contributed by atoms with Gasteiger partial charge in [-0.3, -0.25) is 14.4 Å². The molecule has 132 valence electrons. The molecule has 0 aliphatic heterocycles. The number of aldehydes is 1. The first-order valence-electron chi connectivity index (χ1n) is 7.79. The van der Waals surface area contributed by atoms with Gasteiger partial charge < -0.3 is 25.0 Å². The summed E-state index contributed by atoms with van der Waals surface area (Å²) < 4.78 is 0. The van der Waals surface area contributed by atoms with Crippen molar-refractivity contribution in [2.45, 2.75) is 45.8 Å². The summed E-state index contributed by atoms with van der Waals surface area (Å²) in [5, 5.41) is 11.7. The van der Waals surface area contributed by atoms with Crippen LogP contribution >= 0.6 is 0 Å². The Morgan fingerprint density at radius 1 is 1.13 bits per heavy atom. The molecule has 8 heteroatoms. The van der Waals surface area contributed by atoms with E-state index in [0.29, 0.717) is 32.2 Å². The number of carbonyl (C=O) groups excluding carboxylic acids is 4. The van der Waals surface area contributed by atoms with E-state index in [9.17, 15) is 24.3 Å². The summed E-state index contributed by atoms with van der Waals surface area (Å²) >= 11 is 0. The van der Waals surface area contributed by atoms with Gasteiger partial charge in [0, 0.05) is 13.1 Å². The van der Waals surface area contributed by atoms with Gasteiger partial charge in [0.15, 0.2) is 0 Å². The van der Waals surface area contributed by atoms with Crippen LogP contribution < -0.4 is 5.32 Å². The third-order valence-electron chi connectivity index (χ3n) is 3.17. The first-order valence-corrected chi connectivity index (χ1v) is 7.79. The van der Waals surface area contributed by atoms with Crippen LogP contribution in [-0.4, -0.2) is 77.7 Å². The van der Waals surface area contributed by atoms with Crippen molar-refractivity contribution in [2.24, 2.45) is 0 Å². The number of rotatable bonds is 12. The molecule has 0 aliphatic rings. The van der Waals surface area contributed by atoms with E-state index >= 15 is 0 Å². The minimum absolute atomic E-state index is 0.0852. The zero-order valence-electron chi connectivity index (χ0n) is 14.0. The zero-order valence-corrected chi connectivity index (χ0v) is 14.0. The van der Waals surface area contributed by atoms with Gasteiger partial charge >= 0.3 is 0 Å². The monoisotopic (exact) mass is 329 g/mol. The Hall–Kier alpha value is -1.96. The fourth-order valence-electron chi connectivity index (χ4n) is 1.97. The van der Waals surface area contributed by atoms with Crippen molar-refractivity contribution in [3.8, 4) is 0 Å². The summed E-state index contributed by atoms with van der Waals surface area (Å²) in [4.78, 5) is 48.5. The SMILES string of the molecule is CCCN(C=O)CC(=O)N(CCC)CC(=O)NC(C=O)C(C)O. The van der Waals surface area contributed by atoms with E-state index in [2.05, 4.69) is 5.32 Å². The van der Waals surface area contributed by atoms with E-state index < -0.39 is 18.1 Å². The lowest BCUT2D eigenvalue weighted by atomic mass is 10.2. The molecule has 0 bridgehead atoms. The molecular weight excluding hydrogens is 302 g/mol. The van der Waals surface area contributed by atoms with E-state index in [-0.39, 0.29) is 19.0 Å². The number of nitrogens with zero attached hydrogens (tertiary/aromatic N) is 2. The van der Waals surface area contributed by atoms with Crippen molar-refractivity contribution in [1.29, 1.82) is 0 Å². The number of hydrogen-bond donors (Lipinski definition) is 2. The van der Waals surface area contributed by atoms with E-state index in [1.165, 1.54) is 16.7 Å². The Morgan fingerprint density at radius 2 is 1.74 bits per heavy atom. The van der Waals surface area contributed by atoms with Crippen molar-refractivity contribution >= 4 is 24.5 Å². The Balaban J connectivity index is 4.71. The molecular formula is C15H27N3O5. The summed E-state index contributed by atoms with van der Waals surface area (Å²) in [5.41, 5.74) is 0. The highest BCUT2D eigenvalue weighted by Crippen LogP contribution is 1.98. The van der Waals surface area contributed by atoms with Gasteiger partial charge in [-0.2, -0.15) is 0 Å². The first-order chi connectivity index (χ1) is 10.9. The van der Waals surface area contributed by atoms with Crippen LogP contribution in [0.15, 0.2) is 0 Å². The highest BCUT2D eigenvalue weighted by molar-refractivity contribution is 5.87. The van der Waals surface area contributed by atoms with Gasteiger partial charge in [-0.05, 0) is 19.8 Å². The Kier molecular flexibility index (Phi) is 10.6. The van der Waals surface area contributed by atoms with E-state index in [1.807, 2.05) is 13.8 Å². The van der Waals surface area contributed by atoms with Gasteiger partial charge in [0.1, 0.15) is 12.3 Å². The van der Waals surface area contributed by atoms with E-state index in [4.69, 9.17) is 0 Å². The standard InChI is InChI=1S/C15H27N3O5/c1-4-6-17(11-20)9-15(23)18(7-5-2)8-14(22)16-13(10-19)12(3)21/h10-13,21H,4-9H2,1-3H3,(H,16,22). The van der Waals surface area contributed by atoms with Crippen molar-refractivity contribution in [3.63, 3.8) is 0 Å². The van der Waals surface area contributed by atoms with Gasteiger partial charge in [0.2, 0.25) is 18.2 Å². The number of aliphatic hydroxyl groups is 1. The summed E-state index contributed by atoms with van der Waals surface area (Å²) in [5.74, 6) is -0.861. The van der Waals surface area contributed by atoms with E-state index in [0.717, 1.165) is 6.42 Å². The molecule has 0 aromatic rings. The second kappa shape index (κ2) is 11.6. The van der Waals surface area contributed by atoms with Crippen molar-refractivity contribution in [2.75, 3.05) is 26.2 Å². The lowest BCUT2D eigenvalue weighted by molar-refractivity contribution is -0.139. The van der Waals surface area contributed by atoms with Crippen molar-refractivity contribution in [1.82, 2.24) is 15.1 Å². The molecule has 0 aromatic carbocycles. The third-order valence-corrected chi connectivity index (χ3v) is 3.17. The molecule has 0 radical (unpaired) electrons. The number of carbonyl (C=O) groups is 4. The predicted molar refractivity (Wildman–Crippen MR) is 84.5 cm³/mol. The molecule has 0 rings (SSSR count). The lowest BCUT2D eigenvalue weighted by Crippen LogP contribution is -2.50. The Bertz CT molecular complexity index is 401. The van der Waals surface area contributed by atoms with Crippen LogP contribution in [0.4, 0.5) is 0 Å². The van der Waals surface area contributed by atoms with Crippen molar-refractivity contribution < 1.29 is 24.3 Å². The molecule has 3 amide bonds. The zero-order chi connectivity index (χ0) is 17.8. The molecule has 0 spiro atoms. The van der Waals surface area contributed by atoms with Gasteiger partial charge in [-0.15, -0.1) is 0 Å². The Labute approximate surface area is 136 Å². The minimum atomic E-state index is -1.01. The largest absolute Gasteiger partial charge is 0.391 e. The third kappa shape index (κ3) is 8.29. The normalized spacial score (nSPS) is 12.9. The van der Waals surface area contributed by atoms with Crippen LogP contribution in [0.5, 0.6) is 0 Å². The van der Waals surface area contributed by atoms with Crippen LogP contribution in [0, 0.1) is 0 Å². The summed E-state index contributed by atoms with van der Waals surface area (Å²) in [6, 6.07) is -1.01. The number of amides is 3. The fourth-order valence-corrected chi connectivity index (χ4v) is 1.97.